The highest BCUT2D eigenvalue weighted by Crippen LogP contribution is 2.27. The summed E-state index contributed by atoms with van der Waals surface area (Å²) < 4.78 is 3.16. The molecular weight excluding hydrogens is 280 g/mol. The molecule has 0 amide bonds. The Bertz CT molecular complexity index is 739. The number of thiazole rings is 1. The highest BCUT2D eigenvalue weighted by molar-refractivity contribution is 7.20. The van der Waals surface area contributed by atoms with Gasteiger partial charge < -0.3 is 5.73 Å². The van der Waals surface area contributed by atoms with Crippen molar-refractivity contribution in [3.8, 4) is 5.13 Å². The zero-order valence-electron chi connectivity index (χ0n) is 12.6. The van der Waals surface area contributed by atoms with Gasteiger partial charge in [-0.3, -0.25) is 0 Å². The first-order valence-corrected chi connectivity index (χ1v) is 8.03. The molecule has 0 aliphatic rings. The van der Waals surface area contributed by atoms with Crippen molar-refractivity contribution in [3.05, 3.63) is 41.2 Å². The molecule has 0 spiro atoms. The van der Waals surface area contributed by atoms with Crippen LogP contribution in [0.5, 0.6) is 0 Å². The van der Waals surface area contributed by atoms with Gasteiger partial charge in [0.15, 0.2) is 0 Å². The van der Waals surface area contributed by atoms with Gasteiger partial charge in [-0.2, -0.15) is 5.10 Å². The van der Waals surface area contributed by atoms with E-state index in [-0.39, 0.29) is 0 Å². The van der Waals surface area contributed by atoms with E-state index in [9.17, 15) is 0 Å². The van der Waals surface area contributed by atoms with Crippen molar-refractivity contribution in [3.63, 3.8) is 0 Å². The van der Waals surface area contributed by atoms with Crippen LogP contribution >= 0.6 is 11.3 Å². The van der Waals surface area contributed by atoms with E-state index in [4.69, 9.17) is 10.7 Å². The summed E-state index contributed by atoms with van der Waals surface area (Å²) in [5, 5.41) is 5.62. The van der Waals surface area contributed by atoms with E-state index in [1.807, 2.05) is 22.9 Å². The second-order valence-electron chi connectivity index (χ2n) is 5.57. The van der Waals surface area contributed by atoms with E-state index in [0.29, 0.717) is 12.5 Å². The first-order chi connectivity index (χ1) is 10.1. The summed E-state index contributed by atoms with van der Waals surface area (Å²) in [6.07, 6.45) is 0.971. The molecule has 1 atom stereocenters. The predicted molar refractivity (Wildman–Crippen MR) is 88.1 cm³/mol. The normalized spacial score (nSPS) is 13.0. The largest absolute Gasteiger partial charge is 0.330 e. The molecule has 2 aromatic heterocycles. The van der Waals surface area contributed by atoms with Gasteiger partial charge in [0.1, 0.15) is 0 Å². The highest BCUT2D eigenvalue weighted by Gasteiger charge is 2.17. The van der Waals surface area contributed by atoms with Gasteiger partial charge in [0.25, 0.3) is 0 Å². The number of rotatable bonds is 4. The fourth-order valence-corrected chi connectivity index (χ4v) is 3.51. The molecule has 3 rings (SSSR count). The first-order valence-electron chi connectivity index (χ1n) is 7.21. The van der Waals surface area contributed by atoms with E-state index in [0.717, 1.165) is 22.8 Å². The highest BCUT2D eigenvalue weighted by atomic mass is 32.1. The molecule has 0 fully saturated rings. The van der Waals surface area contributed by atoms with Crippen molar-refractivity contribution in [2.24, 2.45) is 11.7 Å². The lowest BCUT2D eigenvalue weighted by molar-refractivity contribution is 0.589. The van der Waals surface area contributed by atoms with Crippen molar-refractivity contribution >= 4 is 21.6 Å². The van der Waals surface area contributed by atoms with E-state index in [1.54, 1.807) is 11.3 Å². The Hall–Kier alpha value is -1.72. The molecule has 1 unspecified atom stereocenters. The van der Waals surface area contributed by atoms with Crippen LogP contribution in [-0.4, -0.2) is 21.3 Å². The molecule has 21 heavy (non-hydrogen) atoms. The van der Waals surface area contributed by atoms with Gasteiger partial charge >= 0.3 is 0 Å². The van der Waals surface area contributed by atoms with Crippen LogP contribution in [0, 0.1) is 19.8 Å². The minimum absolute atomic E-state index is 0.468. The van der Waals surface area contributed by atoms with Crippen LogP contribution in [0.15, 0.2) is 24.3 Å². The van der Waals surface area contributed by atoms with Crippen LogP contribution in [0.1, 0.15) is 23.9 Å². The zero-order chi connectivity index (χ0) is 15.0. The molecule has 4 nitrogen and oxygen atoms in total. The van der Waals surface area contributed by atoms with Crippen molar-refractivity contribution in [2.45, 2.75) is 27.2 Å². The van der Waals surface area contributed by atoms with Crippen LogP contribution in [0.2, 0.25) is 0 Å². The molecule has 2 heterocycles. The number of fused-ring (bicyclic) bond motifs is 1. The minimum Gasteiger partial charge on any atom is -0.330 e. The molecule has 0 saturated heterocycles. The topological polar surface area (TPSA) is 56.7 Å². The number of nitrogens with zero attached hydrogens (tertiary/aromatic N) is 3. The molecule has 1 aromatic carbocycles. The molecule has 5 heteroatoms. The lowest BCUT2D eigenvalue weighted by atomic mass is 10.00. The maximum atomic E-state index is 5.75. The average Bonchev–Trinajstić information content (AvgIpc) is 3.02. The number of hydrogen-bond donors (Lipinski definition) is 1. The second-order valence-corrected chi connectivity index (χ2v) is 6.58. The van der Waals surface area contributed by atoms with Gasteiger partial charge in [-0.15, -0.1) is 0 Å². The number of hydrogen-bond acceptors (Lipinski definition) is 4. The third kappa shape index (κ3) is 2.59. The molecule has 0 aliphatic carbocycles. The Morgan fingerprint density at radius 2 is 2.05 bits per heavy atom. The van der Waals surface area contributed by atoms with Crippen molar-refractivity contribution in [2.75, 3.05) is 6.54 Å². The predicted octanol–water partition coefficient (Wildman–Crippen LogP) is 3.24. The molecule has 0 saturated carbocycles. The maximum absolute atomic E-state index is 5.75. The third-order valence-corrected chi connectivity index (χ3v) is 4.87. The van der Waals surface area contributed by atoms with Crippen LogP contribution in [-0.2, 0) is 6.42 Å². The number of benzene rings is 1. The van der Waals surface area contributed by atoms with Crippen molar-refractivity contribution < 1.29 is 0 Å². The van der Waals surface area contributed by atoms with E-state index in [1.165, 1.54) is 16.0 Å². The Labute approximate surface area is 128 Å². The summed E-state index contributed by atoms with van der Waals surface area (Å²) in [4.78, 5) is 4.69. The summed E-state index contributed by atoms with van der Waals surface area (Å²) in [7, 11) is 0. The first kappa shape index (κ1) is 14.2. The number of nitrogens with two attached hydrogens (primary N) is 1. The minimum atomic E-state index is 0.468. The SMILES string of the molecule is Cc1nn(-c2nc3ccccc3s2)c(C)c1CC(C)CN. The smallest absolute Gasteiger partial charge is 0.211 e. The number of para-hydroxylation sites is 1. The lowest BCUT2D eigenvalue weighted by Gasteiger charge is -2.08. The molecule has 0 radical (unpaired) electrons. The summed E-state index contributed by atoms with van der Waals surface area (Å²) >= 11 is 1.68. The third-order valence-electron chi connectivity index (χ3n) is 3.86. The van der Waals surface area contributed by atoms with E-state index >= 15 is 0 Å². The molecule has 110 valence electrons. The second kappa shape index (κ2) is 5.58. The number of aromatic nitrogens is 3. The monoisotopic (exact) mass is 300 g/mol. The Morgan fingerprint density at radius 3 is 2.76 bits per heavy atom. The maximum Gasteiger partial charge on any atom is 0.211 e. The zero-order valence-corrected chi connectivity index (χ0v) is 13.4. The molecule has 3 aromatic rings. The fourth-order valence-electron chi connectivity index (χ4n) is 2.54. The fraction of sp³-hybridized carbons (Fsp3) is 0.375. The van der Waals surface area contributed by atoms with E-state index < -0.39 is 0 Å². The number of aryl methyl sites for hydroxylation is 1. The average molecular weight is 300 g/mol. The Morgan fingerprint density at radius 1 is 1.29 bits per heavy atom. The van der Waals surface area contributed by atoms with Gasteiger partial charge in [-0.25, -0.2) is 9.67 Å². The lowest BCUT2D eigenvalue weighted by Crippen LogP contribution is -2.14. The Kier molecular flexibility index (Phi) is 3.78. The Balaban J connectivity index is 2.04. The van der Waals surface area contributed by atoms with Gasteiger partial charge in [-0.05, 0) is 50.4 Å². The van der Waals surface area contributed by atoms with Crippen LogP contribution < -0.4 is 5.73 Å². The molecular formula is C16H20N4S. The van der Waals surface area contributed by atoms with Crippen molar-refractivity contribution in [1.82, 2.24) is 14.8 Å². The standard InChI is InChI=1S/C16H20N4S/c1-10(9-17)8-13-11(2)19-20(12(13)3)16-18-14-6-4-5-7-15(14)21-16/h4-7,10H,8-9,17H2,1-3H3. The van der Waals surface area contributed by atoms with Crippen LogP contribution in [0.3, 0.4) is 0 Å². The van der Waals surface area contributed by atoms with E-state index in [2.05, 4.69) is 31.9 Å². The van der Waals surface area contributed by atoms with Crippen LogP contribution in [0.25, 0.3) is 15.3 Å². The summed E-state index contributed by atoms with van der Waals surface area (Å²) in [5.74, 6) is 0.468. The molecule has 0 aliphatic heterocycles. The summed E-state index contributed by atoms with van der Waals surface area (Å²) in [6.45, 7) is 7.05. The van der Waals surface area contributed by atoms with Crippen LogP contribution in [0.4, 0.5) is 0 Å². The summed E-state index contributed by atoms with van der Waals surface area (Å²) in [6, 6.07) is 8.19. The summed E-state index contributed by atoms with van der Waals surface area (Å²) in [5.41, 5.74) is 10.3. The molecule has 2 N–H and O–H groups in total. The quantitative estimate of drug-likeness (QED) is 0.804. The van der Waals surface area contributed by atoms with Gasteiger partial charge in [0.05, 0.1) is 15.9 Å². The van der Waals surface area contributed by atoms with Crippen molar-refractivity contribution in [1.29, 1.82) is 0 Å². The molecule has 0 bridgehead atoms. The van der Waals surface area contributed by atoms with Gasteiger partial charge in [-0.1, -0.05) is 30.4 Å². The van der Waals surface area contributed by atoms with Gasteiger partial charge in [0.2, 0.25) is 5.13 Å². The van der Waals surface area contributed by atoms with Gasteiger partial charge in [0, 0.05) is 5.69 Å².